The van der Waals surface area contributed by atoms with E-state index in [2.05, 4.69) is 11.9 Å². The van der Waals surface area contributed by atoms with Gasteiger partial charge in [-0.1, -0.05) is 6.08 Å². The zero-order valence-electron chi connectivity index (χ0n) is 11.8. The minimum atomic E-state index is -1.55. The van der Waals surface area contributed by atoms with Crippen molar-refractivity contribution in [1.29, 1.82) is 0 Å². The Kier molecular flexibility index (Phi) is 8.85. The van der Waals surface area contributed by atoms with Crippen LogP contribution in [0.4, 0.5) is 13.2 Å². The van der Waals surface area contributed by atoms with Crippen LogP contribution in [0, 0.1) is 17.5 Å². The van der Waals surface area contributed by atoms with E-state index in [9.17, 15) is 18.3 Å². The van der Waals surface area contributed by atoms with Crippen molar-refractivity contribution in [2.24, 2.45) is 0 Å². The van der Waals surface area contributed by atoms with Crippen LogP contribution in [0.25, 0.3) is 0 Å². The predicted octanol–water partition coefficient (Wildman–Crippen LogP) is 3.18. The molecule has 1 heterocycles. The van der Waals surface area contributed by atoms with Crippen molar-refractivity contribution in [2.75, 3.05) is 26.2 Å². The molecule has 22 heavy (non-hydrogen) atoms. The molecule has 0 unspecified atom stereocenters. The van der Waals surface area contributed by atoms with E-state index < -0.39 is 29.2 Å². The van der Waals surface area contributed by atoms with Gasteiger partial charge < -0.3 is 10.4 Å². The van der Waals surface area contributed by atoms with Gasteiger partial charge in [-0.15, -0.1) is 31.4 Å². The predicted molar refractivity (Wildman–Crippen MR) is 84.5 cm³/mol. The minimum absolute atomic E-state index is 0. The molecule has 8 heteroatoms. The monoisotopic (exact) mass is 358 g/mol. The number of benzene rings is 1. The zero-order chi connectivity index (χ0) is 14.7. The molecule has 1 aliphatic heterocycles. The first-order chi connectivity index (χ1) is 9.56. The smallest absolute Gasteiger partial charge is 0.195 e. The molecule has 1 aromatic carbocycles. The Bertz CT molecular complexity index is 511. The van der Waals surface area contributed by atoms with Crippen LogP contribution in [0.15, 0.2) is 18.7 Å². The first-order valence-corrected chi connectivity index (χ1v) is 6.48. The number of halogens is 5. The highest BCUT2D eigenvalue weighted by Crippen LogP contribution is 2.36. The molecule has 1 aromatic rings. The molecule has 1 atom stereocenters. The van der Waals surface area contributed by atoms with Crippen LogP contribution >= 0.6 is 24.8 Å². The van der Waals surface area contributed by atoms with Crippen LogP contribution in [-0.2, 0) is 0 Å². The third-order valence-corrected chi connectivity index (χ3v) is 3.49. The van der Waals surface area contributed by atoms with Crippen LogP contribution in [0.2, 0.25) is 0 Å². The van der Waals surface area contributed by atoms with E-state index in [1.165, 1.54) is 0 Å². The Hall–Kier alpha value is -0.950. The van der Waals surface area contributed by atoms with Crippen LogP contribution in [0.5, 0.6) is 5.75 Å². The molecule has 1 saturated heterocycles. The Balaban J connectivity index is 0.00000220. The molecule has 1 fully saturated rings. The number of piperazine rings is 1. The number of hydrogen-bond acceptors (Lipinski definition) is 3. The third-order valence-electron chi connectivity index (χ3n) is 3.49. The number of hydrogen-bond donors (Lipinski definition) is 2. The summed E-state index contributed by atoms with van der Waals surface area (Å²) in [5.74, 6) is -4.83. The summed E-state index contributed by atoms with van der Waals surface area (Å²) in [7, 11) is 0. The summed E-state index contributed by atoms with van der Waals surface area (Å²) in [4.78, 5) is 1.92. The van der Waals surface area contributed by atoms with E-state index in [1.54, 1.807) is 6.08 Å². The lowest BCUT2D eigenvalue weighted by molar-refractivity contribution is 0.167. The van der Waals surface area contributed by atoms with Gasteiger partial charge in [-0.3, -0.25) is 4.90 Å². The van der Waals surface area contributed by atoms with Gasteiger partial charge in [0, 0.05) is 38.3 Å². The van der Waals surface area contributed by atoms with Crippen molar-refractivity contribution < 1.29 is 18.3 Å². The number of nitrogens with zero attached hydrogens (tertiary/aromatic N) is 1. The van der Waals surface area contributed by atoms with Crippen LogP contribution < -0.4 is 5.32 Å². The Morgan fingerprint density at radius 2 is 1.82 bits per heavy atom. The van der Waals surface area contributed by atoms with E-state index in [1.807, 2.05) is 4.90 Å². The van der Waals surface area contributed by atoms with Crippen molar-refractivity contribution in [3.8, 4) is 5.75 Å². The number of nitrogens with one attached hydrogen (secondary N) is 1. The zero-order valence-corrected chi connectivity index (χ0v) is 13.5. The van der Waals surface area contributed by atoms with E-state index in [-0.39, 0.29) is 30.4 Å². The van der Waals surface area contributed by atoms with Gasteiger partial charge in [0.1, 0.15) is 5.75 Å². The molecular weight excluding hydrogens is 340 g/mol. The molecule has 0 aromatic heterocycles. The number of phenols is 1. The molecule has 2 N–H and O–H groups in total. The number of phenolic OH excluding ortho intramolecular Hbond substituents is 1. The van der Waals surface area contributed by atoms with Gasteiger partial charge in [-0.2, -0.15) is 0 Å². The first-order valence-electron chi connectivity index (χ1n) is 6.48. The standard InChI is InChI=1S/C14H17F3N2O.2ClH/c1-2-3-10(19-6-4-18-5-7-19)12-11(20)8-9(15)13(16)14(12)17;;/h2,8,10,18,20H,1,3-7H2;2*1H/t10-;;/m0../s1. The Morgan fingerprint density at radius 3 is 2.36 bits per heavy atom. The lowest BCUT2D eigenvalue weighted by Gasteiger charge is -2.35. The third kappa shape index (κ3) is 4.29. The Labute approximate surface area is 140 Å². The van der Waals surface area contributed by atoms with E-state index in [4.69, 9.17) is 0 Å². The maximum Gasteiger partial charge on any atom is 0.195 e. The summed E-state index contributed by atoms with van der Waals surface area (Å²) in [6.07, 6.45) is 1.92. The molecule has 0 bridgehead atoms. The largest absolute Gasteiger partial charge is 0.507 e. The second-order valence-corrected chi connectivity index (χ2v) is 4.75. The molecule has 0 spiro atoms. The molecule has 0 amide bonds. The summed E-state index contributed by atoms with van der Waals surface area (Å²) in [5.41, 5.74) is -0.203. The van der Waals surface area contributed by atoms with Crippen LogP contribution in [0.3, 0.4) is 0 Å². The molecule has 3 nitrogen and oxygen atoms in total. The van der Waals surface area contributed by atoms with Crippen molar-refractivity contribution in [3.05, 3.63) is 41.7 Å². The Morgan fingerprint density at radius 1 is 1.23 bits per heavy atom. The molecule has 2 rings (SSSR count). The topological polar surface area (TPSA) is 35.5 Å². The lowest BCUT2D eigenvalue weighted by atomic mass is 9.99. The molecule has 126 valence electrons. The molecule has 0 aliphatic carbocycles. The van der Waals surface area contributed by atoms with E-state index >= 15 is 0 Å². The summed E-state index contributed by atoms with van der Waals surface area (Å²) in [5, 5.41) is 13.0. The maximum atomic E-state index is 14.0. The first kappa shape index (κ1) is 21.0. The fourth-order valence-corrected chi connectivity index (χ4v) is 2.51. The van der Waals surface area contributed by atoms with E-state index in [0.29, 0.717) is 25.6 Å². The highest BCUT2D eigenvalue weighted by Gasteiger charge is 2.29. The van der Waals surface area contributed by atoms with Gasteiger partial charge in [0.05, 0.1) is 5.56 Å². The van der Waals surface area contributed by atoms with Crippen LogP contribution in [-0.4, -0.2) is 36.2 Å². The normalized spacial score (nSPS) is 16.3. The minimum Gasteiger partial charge on any atom is -0.507 e. The van der Waals surface area contributed by atoms with Gasteiger partial charge in [-0.05, 0) is 6.42 Å². The van der Waals surface area contributed by atoms with Gasteiger partial charge in [0.25, 0.3) is 0 Å². The number of rotatable bonds is 4. The maximum absolute atomic E-state index is 14.0. The second kappa shape index (κ2) is 9.25. The second-order valence-electron chi connectivity index (χ2n) is 4.75. The van der Waals surface area contributed by atoms with Crippen molar-refractivity contribution in [3.63, 3.8) is 0 Å². The fourth-order valence-electron chi connectivity index (χ4n) is 2.51. The summed E-state index contributed by atoms with van der Waals surface area (Å²) in [6.45, 7) is 6.32. The van der Waals surface area contributed by atoms with Crippen LogP contribution in [0.1, 0.15) is 18.0 Å². The summed E-state index contributed by atoms with van der Waals surface area (Å²) in [6, 6.07) is 0.0659. The van der Waals surface area contributed by atoms with Crippen molar-refractivity contribution >= 4 is 24.8 Å². The van der Waals surface area contributed by atoms with Gasteiger partial charge in [0.2, 0.25) is 0 Å². The summed E-state index contributed by atoms with van der Waals surface area (Å²) < 4.78 is 40.5. The molecule has 1 aliphatic rings. The fraction of sp³-hybridized carbons (Fsp3) is 0.429. The molecular formula is C14H19Cl2F3N2O. The molecule has 0 radical (unpaired) electrons. The molecule has 0 saturated carbocycles. The van der Waals surface area contributed by atoms with Crippen molar-refractivity contribution in [1.82, 2.24) is 10.2 Å². The highest BCUT2D eigenvalue weighted by molar-refractivity contribution is 5.85. The average Bonchev–Trinajstić information content (AvgIpc) is 2.45. The number of aromatic hydroxyl groups is 1. The summed E-state index contributed by atoms with van der Waals surface area (Å²) >= 11 is 0. The van der Waals surface area contributed by atoms with Crippen molar-refractivity contribution in [2.45, 2.75) is 12.5 Å². The highest BCUT2D eigenvalue weighted by atomic mass is 35.5. The lowest BCUT2D eigenvalue weighted by Crippen LogP contribution is -2.45. The van der Waals surface area contributed by atoms with Gasteiger partial charge in [-0.25, -0.2) is 13.2 Å². The van der Waals surface area contributed by atoms with Gasteiger partial charge in [0.15, 0.2) is 17.5 Å². The quantitative estimate of drug-likeness (QED) is 0.640. The SMILES string of the molecule is C=CC[C@@H](c1c(O)cc(F)c(F)c1F)N1CCNCC1.Cl.Cl. The van der Waals surface area contributed by atoms with E-state index in [0.717, 1.165) is 13.1 Å². The average molecular weight is 359 g/mol. The van der Waals surface area contributed by atoms with Gasteiger partial charge >= 0.3 is 0 Å².